The van der Waals surface area contributed by atoms with Crippen LogP contribution < -0.4 is 4.90 Å². The smallest absolute Gasteiger partial charge is 0.303 e. The number of carboxylic acids is 1. The number of aliphatic imine (C=N–C) groups is 1. The molecule has 0 radical (unpaired) electrons. The Kier molecular flexibility index (Phi) is 5.53. The van der Waals surface area contributed by atoms with Crippen molar-refractivity contribution in [2.24, 2.45) is 4.99 Å². The summed E-state index contributed by atoms with van der Waals surface area (Å²) >= 11 is 13.7. The topological polar surface area (TPSA) is 104 Å². The van der Waals surface area contributed by atoms with Crippen molar-refractivity contribution in [2.75, 3.05) is 16.4 Å². The van der Waals surface area contributed by atoms with Gasteiger partial charge in [0, 0.05) is 11.7 Å². The predicted octanol–water partition coefficient (Wildman–Crippen LogP) is 2.46. The van der Waals surface area contributed by atoms with E-state index in [1.165, 1.54) is 11.8 Å². The number of carbonyl (C=O) groups is 2. The first kappa shape index (κ1) is 19.5. The second-order valence-electron chi connectivity index (χ2n) is 5.92. The summed E-state index contributed by atoms with van der Waals surface area (Å²) in [4.78, 5) is 28.3. The van der Waals surface area contributed by atoms with E-state index >= 15 is 0 Å². The fourth-order valence-corrected chi connectivity index (χ4v) is 7.42. The number of fused-ring (bicyclic) bond motifs is 1. The maximum atomic E-state index is 12.0. The molecule has 2 saturated heterocycles. The fourth-order valence-electron chi connectivity index (χ4n) is 2.92. The molecule has 26 heavy (non-hydrogen) atoms. The number of anilines is 1. The number of hydrogen-bond acceptors (Lipinski definition) is 5. The van der Waals surface area contributed by atoms with Gasteiger partial charge >= 0.3 is 5.97 Å². The summed E-state index contributed by atoms with van der Waals surface area (Å²) in [5.74, 6) is -1.80. The number of hydrogen-bond donors (Lipinski definition) is 1. The molecule has 2 heterocycles. The molecule has 0 bridgehead atoms. The third-order valence-electron chi connectivity index (χ3n) is 4.02. The first-order chi connectivity index (χ1) is 12.2. The summed E-state index contributed by atoms with van der Waals surface area (Å²) in [6.07, 6.45) is -0.564. The van der Waals surface area contributed by atoms with Crippen LogP contribution in [0.25, 0.3) is 0 Å². The van der Waals surface area contributed by atoms with Crippen LogP contribution in [0.5, 0.6) is 0 Å². The number of amidine groups is 1. The number of thioether (sulfide) groups is 1. The van der Waals surface area contributed by atoms with Crippen molar-refractivity contribution in [1.82, 2.24) is 0 Å². The van der Waals surface area contributed by atoms with E-state index in [0.29, 0.717) is 20.9 Å². The van der Waals surface area contributed by atoms with Crippen molar-refractivity contribution >= 4 is 67.5 Å². The van der Waals surface area contributed by atoms with Crippen LogP contribution in [0.2, 0.25) is 10.0 Å². The summed E-state index contributed by atoms with van der Waals surface area (Å²) in [5, 5.41) is 9.32. The van der Waals surface area contributed by atoms with Crippen LogP contribution in [0, 0.1) is 0 Å². The van der Waals surface area contributed by atoms with Crippen LogP contribution in [0.15, 0.2) is 23.2 Å². The van der Waals surface area contributed by atoms with Crippen molar-refractivity contribution in [2.45, 2.75) is 24.1 Å². The average Bonchev–Trinajstić information content (AvgIpc) is 2.97. The maximum Gasteiger partial charge on any atom is 0.303 e. The maximum absolute atomic E-state index is 12.0. The third kappa shape index (κ3) is 4.00. The number of benzene rings is 1. The van der Waals surface area contributed by atoms with Gasteiger partial charge in [0.05, 0.1) is 39.7 Å². The van der Waals surface area contributed by atoms with Crippen molar-refractivity contribution in [1.29, 1.82) is 0 Å². The highest BCUT2D eigenvalue weighted by Crippen LogP contribution is 2.45. The third-order valence-corrected chi connectivity index (χ3v) is 7.84. The summed E-state index contributed by atoms with van der Waals surface area (Å²) in [6.45, 7) is 0. The molecule has 2 aliphatic heterocycles. The Balaban J connectivity index is 1.99. The zero-order valence-corrected chi connectivity index (χ0v) is 16.4. The zero-order chi connectivity index (χ0) is 19.1. The number of amides is 1. The summed E-state index contributed by atoms with van der Waals surface area (Å²) < 4.78 is 24.0. The van der Waals surface area contributed by atoms with Crippen LogP contribution in [0.4, 0.5) is 5.69 Å². The second kappa shape index (κ2) is 7.38. The molecule has 140 valence electrons. The lowest BCUT2D eigenvalue weighted by Gasteiger charge is -2.26. The highest BCUT2D eigenvalue weighted by atomic mass is 35.5. The molecule has 3 rings (SSSR count). The number of halogens is 2. The highest BCUT2D eigenvalue weighted by Gasteiger charge is 2.50. The van der Waals surface area contributed by atoms with Crippen molar-refractivity contribution < 1.29 is 23.1 Å². The number of carboxylic acid groups (broad SMARTS) is 1. The van der Waals surface area contributed by atoms with Crippen LogP contribution in [-0.2, 0) is 19.4 Å². The standard InChI is InChI=1S/C15H14Cl2N2O5S2/c16-8-2-1-3-9(17)14(8)19-10-6-26(23,24)7-11(10)25-15(19)18-12(20)4-5-13(21)22/h1-3,10-11H,4-7H2,(H,21,22)/t10-,11-/m1/s1. The largest absolute Gasteiger partial charge is 0.481 e. The molecule has 1 amide bonds. The number of carbonyl (C=O) groups excluding carboxylic acids is 1. The van der Waals surface area contributed by atoms with E-state index in [2.05, 4.69) is 4.99 Å². The Hall–Kier alpha value is -1.29. The van der Waals surface area contributed by atoms with E-state index in [9.17, 15) is 18.0 Å². The SMILES string of the molecule is O=C(O)CCC(=O)N=C1S[C@@H]2CS(=O)(=O)C[C@H]2N1c1c(Cl)cccc1Cl. The van der Waals surface area contributed by atoms with Gasteiger partial charge in [-0.05, 0) is 12.1 Å². The quantitative estimate of drug-likeness (QED) is 0.772. The van der Waals surface area contributed by atoms with Crippen LogP contribution >= 0.6 is 35.0 Å². The molecule has 7 nitrogen and oxygen atoms in total. The molecule has 1 N–H and O–H groups in total. The minimum absolute atomic E-state index is 0.0246. The highest BCUT2D eigenvalue weighted by molar-refractivity contribution is 8.16. The zero-order valence-electron chi connectivity index (χ0n) is 13.3. The van der Waals surface area contributed by atoms with E-state index in [-0.39, 0.29) is 29.6 Å². The minimum atomic E-state index is -3.21. The Morgan fingerprint density at radius 3 is 2.50 bits per heavy atom. The summed E-state index contributed by atoms with van der Waals surface area (Å²) in [5.41, 5.74) is 0.401. The van der Waals surface area contributed by atoms with Gasteiger partial charge in [-0.15, -0.1) is 0 Å². The molecule has 1 aromatic rings. The summed E-state index contributed by atoms with van der Waals surface area (Å²) in [6, 6.07) is 4.46. The van der Waals surface area contributed by atoms with Gasteiger partial charge in [-0.25, -0.2) is 8.42 Å². The molecule has 0 aromatic heterocycles. The van der Waals surface area contributed by atoms with Gasteiger partial charge in [-0.1, -0.05) is 41.0 Å². The van der Waals surface area contributed by atoms with Gasteiger partial charge in [0.2, 0.25) is 5.91 Å². The first-order valence-corrected chi connectivity index (χ1v) is 11.1. The molecular formula is C15H14Cl2N2O5S2. The van der Waals surface area contributed by atoms with Gasteiger partial charge in [0.25, 0.3) is 0 Å². The lowest BCUT2D eigenvalue weighted by Crippen LogP contribution is -2.38. The van der Waals surface area contributed by atoms with E-state index < -0.39 is 27.8 Å². The van der Waals surface area contributed by atoms with Crippen LogP contribution in [-0.4, -0.2) is 53.4 Å². The van der Waals surface area contributed by atoms with Gasteiger partial charge in [0.1, 0.15) is 0 Å². The molecular weight excluding hydrogens is 423 g/mol. The van der Waals surface area contributed by atoms with Gasteiger partial charge in [-0.2, -0.15) is 4.99 Å². The Morgan fingerprint density at radius 2 is 1.88 bits per heavy atom. The van der Waals surface area contributed by atoms with Gasteiger partial charge < -0.3 is 10.0 Å². The first-order valence-electron chi connectivity index (χ1n) is 7.61. The molecule has 11 heteroatoms. The Bertz CT molecular complexity index is 883. The number of para-hydroxylation sites is 1. The van der Waals surface area contributed by atoms with Gasteiger partial charge in [-0.3, -0.25) is 9.59 Å². The number of aliphatic carboxylic acids is 1. The number of rotatable bonds is 4. The molecule has 0 aliphatic carbocycles. The Labute approximate surface area is 164 Å². The molecule has 0 spiro atoms. The average molecular weight is 437 g/mol. The van der Waals surface area contributed by atoms with E-state index in [4.69, 9.17) is 28.3 Å². The fraction of sp³-hybridized carbons (Fsp3) is 0.400. The molecule has 0 unspecified atom stereocenters. The number of nitrogens with zero attached hydrogens (tertiary/aromatic N) is 2. The monoisotopic (exact) mass is 436 g/mol. The van der Waals surface area contributed by atoms with E-state index in [1.54, 1.807) is 23.1 Å². The van der Waals surface area contributed by atoms with Crippen molar-refractivity contribution in [3.05, 3.63) is 28.2 Å². The molecule has 0 saturated carbocycles. The number of sulfone groups is 1. The Morgan fingerprint density at radius 1 is 1.23 bits per heavy atom. The van der Waals surface area contributed by atoms with Crippen molar-refractivity contribution in [3.8, 4) is 0 Å². The summed E-state index contributed by atoms with van der Waals surface area (Å²) in [7, 11) is -3.21. The lowest BCUT2D eigenvalue weighted by molar-refractivity contribution is -0.138. The molecule has 2 aliphatic rings. The van der Waals surface area contributed by atoms with Crippen LogP contribution in [0.1, 0.15) is 12.8 Å². The minimum Gasteiger partial charge on any atom is -0.481 e. The lowest BCUT2D eigenvalue weighted by atomic mass is 10.2. The predicted molar refractivity (Wildman–Crippen MR) is 102 cm³/mol. The van der Waals surface area contributed by atoms with E-state index in [0.717, 1.165) is 0 Å². The molecule has 1 aromatic carbocycles. The second-order valence-corrected chi connectivity index (χ2v) is 10.1. The molecule has 2 atom stereocenters. The van der Waals surface area contributed by atoms with E-state index in [1.807, 2.05) is 0 Å². The van der Waals surface area contributed by atoms with Crippen molar-refractivity contribution in [3.63, 3.8) is 0 Å². The van der Waals surface area contributed by atoms with Gasteiger partial charge in [0.15, 0.2) is 15.0 Å². The molecule has 2 fully saturated rings. The van der Waals surface area contributed by atoms with Crippen LogP contribution in [0.3, 0.4) is 0 Å². The normalized spacial score (nSPS) is 25.5.